The van der Waals surface area contributed by atoms with Crippen molar-refractivity contribution < 1.29 is 17.9 Å². The molecule has 0 aromatic rings. The molecule has 0 amide bonds. The zero-order valence-corrected chi connectivity index (χ0v) is 10.6. The summed E-state index contributed by atoms with van der Waals surface area (Å²) in [5, 5.41) is 0. The number of hydrogen-bond donors (Lipinski definition) is 0. The Morgan fingerprint density at radius 2 is 1.00 bits per heavy atom. The molecule has 0 bridgehead atoms. The molecule has 0 unspecified atom stereocenters. The molecule has 0 aliphatic rings. The fraction of sp³-hybridized carbons (Fsp3) is 0.500. The second-order valence-corrected chi connectivity index (χ2v) is 7.32. The van der Waals surface area contributed by atoms with E-state index in [-0.39, 0.29) is 0 Å². The molecule has 0 aliphatic heterocycles. The molecule has 0 saturated heterocycles. The first-order valence-electron chi connectivity index (χ1n) is 5.02. The van der Waals surface area contributed by atoms with E-state index in [4.69, 9.17) is 0 Å². The van der Waals surface area contributed by atoms with Crippen LogP contribution in [-0.2, 0) is 17.9 Å². The second kappa shape index (κ2) is 10.0. The third kappa shape index (κ3) is 8.27. The number of hydrogen-bond acceptors (Lipinski definition) is 0. The first-order chi connectivity index (χ1) is 6.35. The molecule has 0 N–H and O–H groups in total. The van der Waals surface area contributed by atoms with E-state index in [2.05, 4.69) is 57.2 Å². The molecular formula is C12H21Ti. The number of rotatable bonds is 6. The maximum absolute atomic E-state index is 2.34. The molecule has 0 aliphatic carbocycles. The van der Waals surface area contributed by atoms with E-state index in [0.29, 0.717) is 0 Å². The van der Waals surface area contributed by atoms with Crippen LogP contribution in [0, 0.1) is 0 Å². The average Bonchev–Trinajstić information content (AvgIpc) is 2.17. The molecule has 0 saturated carbocycles. The Bertz CT molecular complexity index is 144. The van der Waals surface area contributed by atoms with Crippen molar-refractivity contribution in [3.63, 3.8) is 0 Å². The van der Waals surface area contributed by atoms with Crippen LogP contribution < -0.4 is 0 Å². The standard InChI is InChI=1S/3C4H7.Ti/c3*1-3-4-2;/h3*3-4H,1H2,2H3;. The Kier molecular flexibility index (Phi) is 9.97. The van der Waals surface area contributed by atoms with Crippen molar-refractivity contribution in [2.45, 2.75) is 34.9 Å². The van der Waals surface area contributed by atoms with E-state index < -0.39 is 17.9 Å². The van der Waals surface area contributed by atoms with Crippen molar-refractivity contribution in [2.75, 3.05) is 0 Å². The summed E-state index contributed by atoms with van der Waals surface area (Å²) in [5.74, 6) is 0. The minimum absolute atomic E-state index is 0.813. The SMILES string of the molecule is CC=C[CH2][Ti]([CH2]C=CC)[CH2]C=CC. The van der Waals surface area contributed by atoms with Crippen LogP contribution in [0.25, 0.3) is 0 Å². The van der Waals surface area contributed by atoms with Crippen LogP contribution in [0.4, 0.5) is 0 Å². The fourth-order valence-corrected chi connectivity index (χ4v) is 4.55. The summed E-state index contributed by atoms with van der Waals surface area (Å²) in [6.45, 7) is 6.34. The van der Waals surface area contributed by atoms with Crippen molar-refractivity contribution in [2.24, 2.45) is 0 Å². The summed E-state index contributed by atoms with van der Waals surface area (Å²) in [7, 11) is 0. The Morgan fingerprint density at radius 1 is 0.692 bits per heavy atom. The molecule has 13 heavy (non-hydrogen) atoms. The average molecular weight is 213 g/mol. The van der Waals surface area contributed by atoms with Crippen molar-refractivity contribution in [1.82, 2.24) is 0 Å². The van der Waals surface area contributed by atoms with Gasteiger partial charge in [-0.1, -0.05) is 0 Å². The van der Waals surface area contributed by atoms with Gasteiger partial charge in [0.15, 0.2) is 0 Å². The van der Waals surface area contributed by atoms with E-state index in [1.54, 1.807) is 0 Å². The summed E-state index contributed by atoms with van der Waals surface area (Å²) < 4.78 is 4.10. The third-order valence-corrected chi connectivity index (χ3v) is 5.74. The van der Waals surface area contributed by atoms with Crippen LogP contribution in [-0.4, -0.2) is 0 Å². The van der Waals surface area contributed by atoms with E-state index in [1.807, 2.05) is 0 Å². The molecule has 0 heterocycles. The quantitative estimate of drug-likeness (QED) is 0.447. The topological polar surface area (TPSA) is 0 Å². The maximum atomic E-state index is 2.34. The molecule has 0 spiro atoms. The first-order valence-corrected chi connectivity index (χ1v) is 8.33. The van der Waals surface area contributed by atoms with Crippen molar-refractivity contribution in [1.29, 1.82) is 0 Å². The van der Waals surface area contributed by atoms with Crippen molar-refractivity contribution in [3.8, 4) is 0 Å². The molecule has 0 fully saturated rings. The summed E-state index contributed by atoms with van der Waals surface area (Å²) in [4.78, 5) is 0. The van der Waals surface area contributed by atoms with Gasteiger partial charge in [-0.25, -0.2) is 0 Å². The molecule has 0 radical (unpaired) electrons. The van der Waals surface area contributed by atoms with Gasteiger partial charge in [-0.15, -0.1) is 0 Å². The molecule has 0 aromatic carbocycles. The van der Waals surface area contributed by atoms with Gasteiger partial charge in [-0.05, 0) is 0 Å². The molecule has 0 atom stereocenters. The normalized spacial score (nSPS) is 12.2. The summed E-state index contributed by atoms with van der Waals surface area (Å²) in [6.07, 6.45) is 13.5. The van der Waals surface area contributed by atoms with Gasteiger partial charge < -0.3 is 0 Å². The van der Waals surface area contributed by atoms with Gasteiger partial charge in [0.1, 0.15) is 0 Å². The van der Waals surface area contributed by atoms with Crippen LogP contribution in [0.2, 0.25) is 14.2 Å². The van der Waals surface area contributed by atoms with E-state index in [9.17, 15) is 0 Å². The van der Waals surface area contributed by atoms with Crippen LogP contribution in [0.3, 0.4) is 0 Å². The van der Waals surface area contributed by atoms with E-state index >= 15 is 0 Å². The Morgan fingerprint density at radius 3 is 1.23 bits per heavy atom. The molecule has 73 valence electrons. The predicted molar refractivity (Wildman–Crippen MR) is 58.9 cm³/mol. The molecule has 0 nitrogen and oxygen atoms in total. The first kappa shape index (κ1) is 12.9. The molecule has 0 aromatic heterocycles. The van der Waals surface area contributed by atoms with Crippen LogP contribution in [0.1, 0.15) is 20.8 Å². The van der Waals surface area contributed by atoms with Crippen LogP contribution >= 0.6 is 0 Å². The van der Waals surface area contributed by atoms with Crippen molar-refractivity contribution in [3.05, 3.63) is 36.5 Å². The monoisotopic (exact) mass is 213 g/mol. The molecular weight excluding hydrogens is 192 g/mol. The zero-order valence-electron chi connectivity index (χ0n) is 9.09. The molecule has 0 rings (SSSR count). The summed E-state index contributed by atoms with van der Waals surface area (Å²) >= 11 is -0.813. The van der Waals surface area contributed by atoms with Gasteiger partial charge in [-0.3, -0.25) is 0 Å². The van der Waals surface area contributed by atoms with Gasteiger partial charge in [-0.2, -0.15) is 0 Å². The van der Waals surface area contributed by atoms with Crippen LogP contribution in [0.15, 0.2) is 36.5 Å². The fourth-order valence-electron chi connectivity index (χ4n) is 1.10. The second-order valence-electron chi connectivity index (χ2n) is 3.07. The van der Waals surface area contributed by atoms with Crippen LogP contribution in [0.5, 0.6) is 0 Å². The third-order valence-electron chi connectivity index (χ3n) is 1.93. The number of allylic oxidation sites excluding steroid dienone is 6. The van der Waals surface area contributed by atoms with Gasteiger partial charge in [0, 0.05) is 0 Å². The summed E-state index contributed by atoms with van der Waals surface area (Å²) in [5.41, 5.74) is 0. The van der Waals surface area contributed by atoms with E-state index in [1.165, 1.54) is 14.2 Å². The zero-order chi connectivity index (χ0) is 9.94. The Balaban J connectivity index is 3.86. The van der Waals surface area contributed by atoms with Gasteiger partial charge in [0.25, 0.3) is 0 Å². The van der Waals surface area contributed by atoms with Gasteiger partial charge in [0.2, 0.25) is 0 Å². The van der Waals surface area contributed by atoms with Crippen molar-refractivity contribution >= 4 is 0 Å². The Hall–Kier alpha value is -0.0657. The summed E-state index contributed by atoms with van der Waals surface area (Å²) in [6, 6.07) is 0. The van der Waals surface area contributed by atoms with Gasteiger partial charge >= 0.3 is 89.3 Å². The van der Waals surface area contributed by atoms with E-state index in [0.717, 1.165) is 0 Å². The predicted octanol–water partition coefficient (Wildman–Crippen LogP) is 4.59. The minimum atomic E-state index is -0.813. The Labute approximate surface area is 89.3 Å². The molecule has 1 heteroatoms. The van der Waals surface area contributed by atoms with Gasteiger partial charge in [0.05, 0.1) is 0 Å².